The summed E-state index contributed by atoms with van der Waals surface area (Å²) in [7, 11) is 0. The number of carbonyl (C=O) groups excluding carboxylic acids is 1. The predicted octanol–water partition coefficient (Wildman–Crippen LogP) is -2.95. The highest BCUT2D eigenvalue weighted by molar-refractivity contribution is 5.77. The van der Waals surface area contributed by atoms with E-state index in [1.165, 1.54) is 0 Å². The second-order valence-corrected chi connectivity index (χ2v) is 2.86. The Hall–Kier alpha value is -1.38. The molecule has 7 N–H and O–H groups in total. The number of aliphatic carboxylic acids is 1. The molecular weight excluding hydrogens is 206 g/mol. The summed E-state index contributed by atoms with van der Waals surface area (Å²) in [6, 6.07) is -2.65. The number of rotatable bonds is 6. The first kappa shape index (κ1) is 13.6. The zero-order chi connectivity index (χ0) is 11.8. The van der Waals surface area contributed by atoms with Crippen LogP contribution in [0, 0.1) is 0 Å². The van der Waals surface area contributed by atoms with Gasteiger partial charge < -0.3 is 31.7 Å². The molecule has 0 rings (SSSR count). The van der Waals surface area contributed by atoms with E-state index in [2.05, 4.69) is 10.6 Å². The molecule has 8 nitrogen and oxygen atoms in total. The highest BCUT2D eigenvalue weighted by Crippen LogP contribution is 1.80. The van der Waals surface area contributed by atoms with Crippen molar-refractivity contribution in [3.8, 4) is 0 Å². The fraction of sp³-hybridized carbons (Fsp3) is 0.714. The lowest BCUT2D eigenvalue weighted by molar-refractivity contribution is -0.138. The molecule has 8 heteroatoms. The summed E-state index contributed by atoms with van der Waals surface area (Å²) < 4.78 is 0. The number of nitrogens with one attached hydrogen (secondary N) is 2. The highest BCUT2D eigenvalue weighted by atomic mass is 16.4. The molecule has 15 heavy (non-hydrogen) atoms. The Balaban J connectivity index is 3.79. The highest BCUT2D eigenvalue weighted by Gasteiger charge is 2.14. The third-order valence-electron chi connectivity index (χ3n) is 1.58. The number of amides is 2. The summed E-state index contributed by atoms with van der Waals surface area (Å²) in [5, 5.41) is 30.0. The van der Waals surface area contributed by atoms with Gasteiger partial charge in [-0.05, 0) is 0 Å². The van der Waals surface area contributed by atoms with Crippen molar-refractivity contribution in [3.63, 3.8) is 0 Å². The Kier molecular flexibility index (Phi) is 6.34. The summed E-state index contributed by atoms with van der Waals surface area (Å²) in [4.78, 5) is 21.3. The van der Waals surface area contributed by atoms with Gasteiger partial charge >= 0.3 is 12.0 Å². The number of aliphatic hydroxyl groups is 2. The number of urea groups is 1. The summed E-state index contributed by atoms with van der Waals surface area (Å²) >= 11 is 0. The van der Waals surface area contributed by atoms with Crippen LogP contribution in [-0.4, -0.2) is 59.2 Å². The van der Waals surface area contributed by atoms with Crippen LogP contribution in [0.5, 0.6) is 0 Å². The van der Waals surface area contributed by atoms with Crippen molar-refractivity contribution >= 4 is 12.0 Å². The molecule has 0 saturated heterocycles. The molecule has 0 aromatic heterocycles. The van der Waals surface area contributed by atoms with E-state index >= 15 is 0 Å². The number of carboxylic acids is 1. The molecule has 0 saturated carbocycles. The second-order valence-electron chi connectivity index (χ2n) is 2.86. The minimum absolute atomic E-state index is 0.231. The third kappa shape index (κ3) is 5.83. The molecule has 0 aromatic carbocycles. The van der Waals surface area contributed by atoms with Gasteiger partial charge in [0, 0.05) is 6.54 Å². The minimum Gasteiger partial charge on any atom is -0.480 e. The number of hydrogen-bond donors (Lipinski definition) is 6. The van der Waals surface area contributed by atoms with Crippen LogP contribution in [-0.2, 0) is 4.79 Å². The molecule has 0 spiro atoms. The molecule has 0 aliphatic rings. The monoisotopic (exact) mass is 221 g/mol. The largest absolute Gasteiger partial charge is 0.480 e. The number of aliphatic hydroxyl groups excluding tert-OH is 2. The second kappa shape index (κ2) is 6.98. The maximum Gasteiger partial charge on any atom is 0.322 e. The minimum atomic E-state index is -1.23. The van der Waals surface area contributed by atoms with Gasteiger partial charge in [-0.15, -0.1) is 0 Å². The van der Waals surface area contributed by atoms with Crippen molar-refractivity contribution in [1.82, 2.24) is 10.6 Å². The fourth-order valence-corrected chi connectivity index (χ4v) is 0.675. The predicted molar refractivity (Wildman–Crippen MR) is 50.1 cm³/mol. The maximum atomic E-state index is 11.0. The van der Waals surface area contributed by atoms with Crippen LogP contribution >= 0.6 is 0 Å². The average molecular weight is 221 g/mol. The van der Waals surface area contributed by atoms with Crippen LogP contribution in [0.15, 0.2) is 0 Å². The summed E-state index contributed by atoms with van der Waals surface area (Å²) in [5.74, 6) is -1.23. The number of carboxylic acid groups (broad SMARTS) is 1. The standard InChI is InChI=1S/C7H15N3O5/c8-5(6(13)14)1-9-7(15)10-4(2-11)3-12/h4-5,11-12H,1-3,8H2,(H,13,14)(H2,9,10,15)/t5-/m0/s1. The van der Waals surface area contributed by atoms with Crippen molar-refractivity contribution in [3.05, 3.63) is 0 Å². The van der Waals surface area contributed by atoms with Crippen LogP contribution < -0.4 is 16.4 Å². The van der Waals surface area contributed by atoms with Crippen LogP contribution in [0.1, 0.15) is 0 Å². The van der Waals surface area contributed by atoms with E-state index in [-0.39, 0.29) is 6.54 Å². The van der Waals surface area contributed by atoms with Gasteiger partial charge in [-0.25, -0.2) is 4.79 Å². The van der Waals surface area contributed by atoms with Crippen molar-refractivity contribution < 1.29 is 24.9 Å². The van der Waals surface area contributed by atoms with E-state index in [0.717, 1.165) is 0 Å². The first-order chi connectivity index (χ1) is 7.01. The lowest BCUT2D eigenvalue weighted by Gasteiger charge is -2.14. The molecule has 0 radical (unpaired) electrons. The van der Waals surface area contributed by atoms with E-state index in [4.69, 9.17) is 21.1 Å². The molecule has 2 amide bonds. The van der Waals surface area contributed by atoms with Gasteiger partial charge in [-0.3, -0.25) is 4.79 Å². The Labute approximate surface area is 86.1 Å². The third-order valence-corrected chi connectivity index (χ3v) is 1.58. The number of hydrogen-bond acceptors (Lipinski definition) is 5. The molecule has 0 aliphatic heterocycles. The quantitative estimate of drug-likeness (QED) is 0.283. The molecule has 0 bridgehead atoms. The Morgan fingerprint density at radius 3 is 2.20 bits per heavy atom. The van der Waals surface area contributed by atoms with Gasteiger partial charge in [0.2, 0.25) is 0 Å². The number of nitrogens with two attached hydrogens (primary N) is 1. The summed E-state index contributed by atoms with van der Waals surface area (Å²) in [5.41, 5.74) is 5.12. The van der Waals surface area contributed by atoms with Gasteiger partial charge in [0.15, 0.2) is 0 Å². The molecule has 1 atom stereocenters. The Morgan fingerprint density at radius 2 is 1.80 bits per heavy atom. The van der Waals surface area contributed by atoms with E-state index in [0.29, 0.717) is 0 Å². The zero-order valence-corrected chi connectivity index (χ0v) is 8.01. The average Bonchev–Trinajstić information content (AvgIpc) is 2.22. The smallest absolute Gasteiger partial charge is 0.322 e. The molecule has 0 heterocycles. The summed E-state index contributed by atoms with van der Waals surface area (Å²) in [6.45, 7) is -1.05. The Bertz CT molecular complexity index is 219. The molecule has 88 valence electrons. The molecule has 0 unspecified atom stereocenters. The van der Waals surface area contributed by atoms with Gasteiger partial charge in [0.1, 0.15) is 6.04 Å². The zero-order valence-electron chi connectivity index (χ0n) is 8.01. The molecular formula is C7H15N3O5. The first-order valence-corrected chi connectivity index (χ1v) is 4.25. The van der Waals surface area contributed by atoms with E-state index < -0.39 is 37.3 Å². The van der Waals surface area contributed by atoms with Gasteiger partial charge in [-0.1, -0.05) is 0 Å². The topological polar surface area (TPSA) is 145 Å². The SMILES string of the molecule is N[C@@H](CNC(=O)NC(CO)CO)C(=O)O. The van der Waals surface area contributed by atoms with Crippen molar-refractivity contribution in [2.24, 2.45) is 5.73 Å². The van der Waals surface area contributed by atoms with Crippen molar-refractivity contribution in [1.29, 1.82) is 0 Å². The fourth-order valence-electron chi connectivity index (χ4n) is 0.675. The first-order valence-electron chi connectivity index (χ1n) is 4.25. The van der Waals surface area contributed by atoms with Gasteiger partial charge in [-0.2, -0.15) is 0 Å². The molecule has 0 fully saturated rings. The van der Waals surface area contributed by atoms with Crippen LogP contribution in [0.2, 0.25) is 0 Å². The molecule has 0 aliphatic carbocycles. The molecule has 0 aromatic rings. The van der Waals surface area contributed by atoms with Gasteiger partial charge in [0.05, 0.1) is 19.3 Å². The maximum absolute atomic E-state index is 11.0. The lowest BCUT2D eigenvalue weighted by Crippen LogP contribution is -2.50. The van der Waals surface area contributed by atoms with Crippen LogP contribution in [0.4, 0.5) is 4.79 Å². The van der Waals surface area contributed by atoms with Crippen LogP contribution in [0.3, 0.4) is 0 Å². The number of carbonyl (C=O) groups is 2. The van der Waals surface area contributed by atoms with Crippen molar-refractivity contribution in [2.45, 2.75) is 12.1 Å². The normalized spacial score (nSPS) is 12.3. The van der Waals surface area contributed by atoms with Gasteiger partial charge in [0.25, 0.3) is 0 Å². The van der Waals surface area contributed by atoms with E-state index in [1.807, 2.05) is 0 Å². The van der Waals surface area contributed by atoms with E-state index in [9.17, 15) is 9.59 Å². The van der Waals surface area contributed by atoms with Crippen LogP contribution in [0.25, 0.3) is 0 Å². The Morgan fingerprint density at radius 1 is 1.27 bits per heavy atom. The lowest BCUT2D eigenvalue weighted by atomic mass is 10.3. The van der Waals surface area contributed by atoms with E-state index in [1.54, 1.807) is 0 Å². The van der Waals surface area contributed by atoms with Crippen molar-refractivity contribution in [2.75, 3.05) is 19.8 Å². The summed E-state index contributed by atoms with van der Waals surface area (Å²) in [6.07, 6.45) is 0.